The number of amides is 3. The van der Waals surface area contributed by atoms with Gasteiger partial charge < -0.3 is 14.8 Å². The summed E-state index contributed by atoms with van der Waals surface area (Å²) in [5.74, 6) is 0.128. The Morgan fingerprint density at radius 3 is 2.40 bits per heavy atom. The van der Waals surface area contributed by atoms with Crippen LogP contribution in [0.3, 0.4) is 0 Å². The predicted octanol–water partition coefficient (Wildman–Crippen LogP) is 7.13. The van der Waals surface area contributed by atoms with Gasteiger partial charge in [0.25, 0.3) is 16.8 Å². The van der Waals surface area contributed by atoms with Crippen LogP contribution in [-0.2, 0) is 16.2 Å². The molecule has 1 fully saturated rings. The number of imide groups is 1. The number of benzene rings is 3. The van der Waals surface area contributed by atoms with Gasteiger partial charge in [-0.05, 0) is 99.7 Å². The van der Waals surface area contributed by atoms with Crippen molar-refractivity contribution in [1.82, 2.24) is 4.90 Å². The average Bonchev–Trinajstić information content (AvgIpc) is 3.20. The highest BCUT2D eigenvalue weighted by molar-refractivity contribution is 9.10. The molecule has 1 N–H and O–H groups in total. The molecule has 1 saturated heterocycles. The van der Waals surface area contributed by atoms with Crippen LogP contribution in [0.5, 0.6) is 11.5 Å². The van der Waals surface area contributed by atoms with E-state index < -0.39 is 28.5 Å². The van der Waals surface area contributed by atoms with Crippen molar-refractivity contribution < 1.29 is 28.8 Å². The number of carbonyl (C=O) groups is 3. The van der Waals surface area contributed by atoms with Crippen LogP contribution in [0.15, 0.2) is 70.0 Å². The van der Waals surface area contributed by atoms with Crippen LogP contribution in [0.1, 0.15) is 43.4 Å². The molecule has 0 spiro atoms. The number of thioether (sulfide) groups is 1. The molecule has 3 aromatic carbocycles. The molecule has 3 amide bonds. The molecule has 0 bridgehead atoms. The third-order valence-electron chi connectivity index (χ3n) is 6.20. The van der Waals surface area contributed by atoms with Gasteiger partial charge in [-0.3, -0.25) is 29.4 Å². The fraction of sp³-hybridized carbons (Fsp3) is 0.233. The van der Waals surface area contributed by atoms with Gasteiger partial charge in [-0.2, -0.15) is 0 Å². The first-order chi connectivity index (χ1) is 20.0. The molecule has 3 aromatic rings. The summed E-state index contributed by atoms with van der Waals surface area (Å²) in [4.78, 5) is 49.8. The van der Waals surface area contributed by atoms with Crippen LogP contribution >= 0.6 is 27.7 Å². The Labute approximate surface area is 255 Å². The molecule has 10 nitrogen and oxygen atoms in total. The van der Waals surface area contributed by atoms with Crippen molar-refractivity contribution in [2.45, 2.75) is 33.3 Å². The van der Waals surface area contributed by atoms with Crippen LogP contribution in [-0.4, -0.2) is 40.0 Å². The maximum absolute atomic E-state index is 13.0. The highest BCUT2D eigenvalue weighted by atomic mass is 79.9. The lowest BCUT2D eigenvalue weighted by atomic mass is 10.0. The Morgan fingerprint density at radius 2 is 1.79 bits per heavy atom. The van der Waals surface area contributed by atoms with Gasteiger partial charge in [0, 0.05) is 17.8 Å². The highest BCUT2D eigenvalue weighted by Crippen LogP contribution is 2.40. The second-order valence-electron chi connectivity index (χ2n) is 9.57. The number of nitro groups is 1. The van der Waals surface area contributed by atoms with E-state index in [9.17, 15) is 24.5 Å². The second kappa shape index (κ2) is 13.7. The Morgan fingerprint density at radius 1 is 1.10 bits per heavy atom. The van der Waals surface area contributed by atoms with Gasteiger partial charge in [0.2, 0.25) is 5.91 Å². The van der Waals surface area contributed by atoms with Crippen molar-refractivity contribution in [3.8, 4) is 11.5 Å². The third-order valence-corrected chi connectivity index (χ3v) is 7.69. The predicted molar refractivity (Wildman–Crippen MR) is 165 cm³/mol. The second-order valence-corrected chi connectivity index (χ2v) is 11.4. The van der Waals surface area contributed by atoms with E-state index in [-0.39, 0.29) is 17.2 Å². The normalized spacial score (nSPS) is 14.0. The summed E-state index contributed by atoms with van der Waals surface area (Å²) in [7, 11) is 0. The molecule has 1 heterocycles. The summed E-state index contributed by atoms with van der Waals surface area (Å²) in [5.41, 5.74) is 3.00. The molecule has 0 unspecified atom stereocenters. The summed E-state index contributed by atoms with van der Waals surface area (Å²) < 4.78 is 12.3. The molecule has 0 radical (unpaired) electrons. The molecule has 0 atom stereocenters. The number of carbonyl (C=O) groups excluding carboxylic acids is 3. The van der Waals surface area contributed by atoms with Crippen LogP contribution in [0, 0.1) is 10.1 Å². The van der Waals surface area contributed by atoms with E-state index in [0.29, 0.717) is 39.7 Å². The first-order valence-corrected chi connectivity index (χ1v) is 14.6. The van der Waals surface area contributed by atoms with E-state index >= 15 is 0 Å². The molecule has 0 saturated carbocycles. The molecule has 218 valence electrons. The zero-order chi connectivity index (χ0) is 30.4. The van der Waals surface area contributed by atoms with Gasteiger partial charge in [0.1, 0.15) is 13.2 Å². The Kier molecular flexibility index (Phi) is 10.0. The minimum absolute atomic E-state index is 0.0132. The van der Waals surface area contributed by atoms with E-state index in [1.165, 1.54) is 12.1 Å². The van der Waals surface area contributed by atoms with Gasteiger partial charge in [-0.25, -0.2) is 0 Å². The Balaban J connectivity index is 1.45. The minimum atomic E-state index is -0.567. The van der Waals surface area contributed by atoms with Gasteiger partial charge in [-0.15, -0.1) is 0 Å². The lowest BCUT2D eigenvalue weighted by Gasteiger charge is -2.15. The summed E-state index contributed by atoms with van der Waals surface area (Å²) in [5, 5.41) is 13.1. The monoisotopic (exact) mass is 653 g/mol. The van der Waals surface area contributed by atoms with E-state index in [4.69, 9.17) is 9.47 Å². The van der Waals surface area contributed by atoms with Gasteiger partial charge in [0.05, 0.1) is 20.9 Å². The first kappa shape index (κ1) is 30.8. The van der Waals surface area contributed by atoms with E-state index in [1.54, 1.807) is 42.5 Å². The summed E-state index contributed by atoms with van der Waals surface area (Å²) >= 11 is 4.24. The van der Waals surface area contributed by atoms with Gasteiger partial charge >= 0.3 is 0 Å². The molecule has 4 rings (SSSR count). The quantitative estimate of drug-likeness (QED) is 0.131. The fourth-order valence-electron chi connectivity index (χ4n) is 4.03. The highest BCUT2D eigenvalue weighted by Gasteiger charge is 2.36. The lowest BCUT2D eigenvalue weighted by molar-refractivity contribution is -0.384. The van der Waals surface area contributed by atoms with Crippen molar-refractivity contribution in [2.24, 2.45) is 0 Å². The first-order valence-electron chi connectivity index (χ1n) is 13.0. The molecule has 0 aromatic heterocycles. The maximum atomic E-state index is 13.0. The Hall–Kier alpha value is -4.16. The summed E-state index contributed by atoms with van der Waals surface area (Å²) in [6.45, 7) is 6.04. The van der Waals surface area contributed by atoms with E-state index in [2.05, 4.69) is 35.1 Å². The smallest absolute Gasteiger partial charge is 0.294 e. The fourth-order valence-corrected chi connectivity index (χ4v) is 5.44. The number of nitrogens with zero attached hydrogens (tertiary/aromatic N) is 2. The van der Waals surface area contributed by atoms with Crippen LogP contribution in [0.25, 0.3) is 6.08 Å². The zero-order valence-electron chi connectivity index (χ0n) is 23.1. The zero-order valence-corrected chi connectivity index (χ0v) is 25.5. The minimum Gasteiger partial charge on any atom is -0.490 e. The number of non-ortho nitro benzene ring substituents is 1. The largest absolute Gasteiger partial charge is 0.490 e. The van der Waals surface area contributed by atoms with Gasteiger partial charge in [-0.1, -0.05) is 26.0 Å². The van der Waals surface area contributed by atoms with E-state index in [0.717, 1.165) is 27.8 Å². The molecule has 1 aliphatic rings. The standard InChI is InChI=1S/C30H28BrN3O7S/c1-4-40-25-14-20(13-24(31)28(25)41-17-19-5-11-23(12-6-19)34(38)39)15-26-29(36)33(30(37)42-26)16-27(35)32-22-9-7-21(8-10-22)18(2)3/h5-15,18H,4,16-17H2,1-3H3,(H,32,35)/b26-15+. The molecule has 1 aliphatic heterocycles. The summed E-state index contributed by atoms with van der Waals surface area (Å²) in [6.07, 6.45) is 1.56. The van der Waals surface area contributed by atoms with Gasteiger partial charge in [0.15, 0.2) is 11.5 Å². The topological polar surface area (TPSA) is 128 Å². The molecular formula is C30H28BrN3O7S. The molecule has 12 heteroatoms. The van der Waals surface area contributed by atoms with Crippen molar-refractivity contribution in [2.75, 3.05) is 18.5 Å². The Bertz CT molecular complexity index is 1540. The van der Waals surface area contributed by atoms with Crippen LogP contribution in [0.4, 0.5) is 16.2 Å². The van der Waals surface area contributed by atoms with Crippen LogP contribution in [0.2, 0.25) is 0 Å². The maximum Gasteiger partial charge on any atom is 0.294 e. The summed E-state index contributed by atoms with van der Waals surface area (Å²) in [6, 6.07) is 16.8. The van der Waals surface area contributed by atoms with Crippen molar-refractivity contribution in [3.63, 3.8) is 0 Å². The van der Waals surface area contributed by atoms with Crippen LogP contribution < -0.4 is 14.8 Å². The van der Waals surface area contributed by atoms with Crippen molar-refractivity contribution in [1.29, 1.82) is 0 Å². The number of hydrogen-bond donors (Lipinski definition) is 1. The van der Waals surface area contributed by atoms with Crippen molar-refractivity contribution in [3.05, 3.63) is 96.8 Å². The number of nitro benzene ring substituents is 1. The lowest BCUT2D eigenvalue weighted by Crippen LogP contribution is -2.36. The third kappa shape index (κ3) is 7.56. The molecule has 42 heavy (non-hydrogen) atoms. The molecule has 0 aliphatic carbocycles. The number of ether oxygens (including phenoxy) is 2. The number of hydrogen-bond acceptors (Lipinski definition) is 8. The number of halogens is 1. The number of nitrogens with one attached hydrogen (secondary N) is 1. The SMILES string of the molecule is CCOc1cc(/C=C2/SC(=O)N(CC(=O)Nc3ccc(C(C)C)cc3)C2=O)cc(Br)c1OCc1ccc([N+](=O)[O-])cc1. The van der Waals surface area contributed by atoms with Crippen molar-refractivity contribution >= 4 is 62.2 Å². The number of rotatable bonds is 11. The molecular weight excluding hydrogens is 626 g/mol. The number of anilines is 1. The van der Waals surface area contributed by atoms with E-state index in [1.807, 2.05) is 19.1 Å². The average molecular weight is 655 g/mol.